The topological polar surface area (TPSA) is 61.4 Å². The minimum Gasteiger partial charge on any atom is -0.508 e. The quantitative estimate of drug-likeness (QED) is 0.783. The Hall–Kier alpha value is -2.63. The normalized spacial score (nSPS) is 11.1. The highest BCUT2D eigenvalue weighted by Crippen LogP contribution is 2.32. The molecule has 0 aliphatic carbocycles. The molecule has 122 valence electrons. The van der Waals surface area contributed by atoms with Crippen molar-refractivity contribution in [2.45, 2.75) is 19.3 Å². The highest BCUT2D eigenvalue weighted by molar-refractivity contribution is 5.90. The molecule has 2 aromatic rings. The number of para-hydroxylation sites is 1. The lowest BCUT2D eigenvalue weighted by molar-refractivity contribution is 0.0183. The Kier molecular flexibility index (Phi) is 5.16. The Morgan fingerprint density at radius 2 is 1.78 bits per heavy atom. The van der Waals surface area contributed by atoms with Gasteiger partial charge < -0.3 is 15.7 Å². The molecule has 0 aromatic heterocycles. The number of anilines is 1. The zero-order valence-corrected chi connectivity index (χ0v) is 12.6. The number of phenols is 1. The molecule has 3 N–H and O–H groups in total. The van der Waals surface area contributed by atoms with E-state index in [4.69, 9.17) is 0 Å². The van der Waals surface area contributed by atoms with Gasteiger partial charge in [-0.2, -0.15) is 0 Å². The van der Waals surface area contributed by atoms with Gasteiger partial charge in [-0.15, -0.1) is 0 Å². The average Bonchev–Trinajstić information content (AvgIpc) is 2.49. The summed E-state index contributed by atoms with van der Waals surface area (Å²) in [7, 11) is 0. The Morgan fingerprint density at radius 3 is 2.43 bits per heavy atom. The number of aromatic hydroxyl groups is 1. The Labute approximate surface area is 133 Å². The molecule has 6 heteroatoms. The van der Waals surface area contributed by atoms with E-state index in [2.05, 4.69) is 10.6 Å². The minimum absolute atomic E-state index is 0.0853. The fraction of sp³-hybridized carbons (Fsp3) is 0.235. The van der Waals surface area contributed by atoms with Crippen LogP contribution in [0.25, 0.3) is 0 Å². The Balaban J connectivity index is 1.89. The van der Waals surface area contributed by atoms with Crippen LogP contribution in [0.5, 0.6) is 5.75 Å². The van der Waals surface area contributed by atoms with Crippen molar-refractivity contribution >= 4 is 11.7 Å². The van der Waals surface area contributed by atoms with Crippen LogP contribution in [0.4, 0.5) is 19.3 Å². The number of benzene rings is 2. The van der Waals surface area contributed by atoms with Crippen molar-refractivity contribution < 1.29 is 18.7 Å². The second-order valence-corrected chi connectivity index (χ2v) is 5.23. The summed E-state index contributed by atoms with van der Waals surface area (Å²) in [6.45, 7) is 1.14. The van der Waals surface area contributed by atoms with E-state index in [9.17, 15) is 18.7 Å². The number of phenolic OH excluding ortho intramolecular Hbond substituents is 1. The smallest absolute Gasteiger partial charge is 0.319 e. The third kappa shape index (κ3) is 4.95. The fourth-order valence-corrected chi connectivity index (χ4v) is 2.12. The molecule has 4 nitrogen and oxygen atoms in total. The predicted octanol–water partition coefficient (Wildman–Crippen LogP) is 3.87. The first-order valence-corrected chi connectivity index (χ1v) is 7.16. The van der Waals surface area contributed by atoms with Gasteiger partial charge in [-0.1, -0.05) is 30.3 Å². The van der Waals surface area contributed by atoms with Crippen LogP contribution in [0.3, 0.4) is 0 Å². The number of amides is 2. The molecule has 0 aliphatic heterocycles. The monoisotopic (exact) mass is 320 g/mol. The second kappa shape index (κ2) is 7.09. The summed E-state index contributed by atoms with van der Waals surface area (Å²) in [5.74, 6) is -2.85. The van der Waals surface area contributed by atoms with Crippen molar-refractivity contribution in [1.82, 2.24) is 5.32 Å². The summed E-state index contributed by atoms with van der Waals surface area (Å²) < 4.78 is 27.0. The molecule has 0 radical (unpaired) electrons. The number of rotatable bonds is 5. The highest BCUT2D eigenvalue weighted by atomic mass is 19.3. The number of halogens is 2. The van der Waals surface area contributed by atoms with Crippen molar-refractivity contribution in [2.75, 3.05) is 11.9 Å². The molecule has 2 amide bonds. The lowest BCUT2D eigenvalue weighted by atomic mass is 10.1. The number of carbonyl (C=O) groups is 1. The maximum atomic E-state index is 13.5. The largest absolute Gasteiger partial charge is 0.508 e. The van der Waals surface area contributed by atoms with Gasteiger partial charge in [0.1, 0.15) is 5.75 Å². The van der Waals surface area contributed by atoms with Gasteiger partial charge >= 0.3 is 6.03 Å². The van der Waals surface area contributed by atoms with Gasteiger partial charge in [0.25, 0.3) is 5.92 Å². The van der Waals surface area contributed by atoms with Crippen LogP contribution < -0.4 is 10.6 Å². The highest BCUT2D eigenvalue weighted by Gasteiger charge is 2.27. The van der Waals surface area contributed by atoms with E-state index in [1.807, 2.05) is 0 Å². The third-order valence-electron chi connectivity index (χ3n) is 3.28. The lowest BCUT2D eigenvalue weighted by Crippen LogP contribution is -2.31. The summed E-state index contributed by atoms with van der Waals surface area (Å²) in [6.07, 6.45) is 0.569. The number of nitrogens with one attached hydrogen (secondary N) is 2. The standard InChI is InChI=1S/C17H18F2N2O2/c1-17(18,19)14-4-2-3-5-15(14)21-16(23)20-11-10-12-6-8-13(22)9-7-12/h2-9,22H,10-11H2,1H3,(H2,20,21,23). The van der Waals surface area contributed by atoms with Crippen LogP contribution in [-0.2, 0) is 12.3 Å². The molecule has 0 aliphatic rings. The maximum absolute atomic E-state index is 13.5. The van der Waals surface area contributed by atoms with Gasteiger partial charge in [0, 0.05) is 19.0 Å². The van der Waals surface area contributed by atoms with E-state index in [1.165, 1.54) is 18.2 Å². The molecule has 0 unspecified atom stereocenters. The molecular formula is C17H18F2N2O2. The van der Waals surface area contributed by atoms with Gasteiger partial charge in [-0.05, 0) is 30.2 Å². The van der Waals surface area contributed by atoms with Gasteiger partial charge in [-0.25, -0.2) is 13.6 Å². The van der Waals surface area contributed by atoms with Gasteiger partial charge in [0.2, 0.25) is 0 Å². The number of alkyl halides is 2. The maximum Gasteiger partial charge on any atom is 0.319 e. The van der Waals surface area contributed by atoms with Crippen LogP contribution in [0.1, 0.15) is 18.1 Å². The zero-order chi connectivity index (χ0) is 16.9. The van der Waals surface area contributed by atoms with Crippen molar-refractivity contribution in [1.29, 1.82) is 0 Å². The van der Waals surface area contributed by atoms with E-state index < -0.39 is 12.0 Å². The van der Waals surface area contributed by atoms with Crippen LogP contribution in [-0.4, -0.2) is 17.7 Å². The van der Waals surface area contributed by atoms with Crippen molar-refractivity contribution in [3.05, 3.63) is 59.7 Å². The summed E-state index contributed by atoms with van der Waals surface area (Å²) in [4.78, 5) is 11.8. The molecule has 2 rings (SSSR count). The summed E-state index contributed by atoms with van der Waals surface area (Å²) in [5.41, 5.74) is 0.805. The predicted molar refractivity (Wildman–Crippen MR) is 84.8 cm³/mol. The fourth-order valence-electron chi connectivity index (χ4n) is 2.12. The summed E-state index contributed by atoms with van der Waals surface area (Å²) >= 11 is 0. The van der Waals surface area contributed by atoms with E-state index >= 15 is 0 Å². The first-order chi connectivity index (χ1) is 10.9. The zero-order valence-electron chi connectivity index (χ0n) is 12.6. The van der Waals surface area contributed by atoms with E-state index in [0.717, 1.165) is 12.5 Å². The van der Waals surface area contributed by atoms with E-state index in [1.54, 1.807) is 30.3 Å². The van der Waals surface area contributed by atoms with Crippen molar-refractivity contribution in [3.63, 3.8) is 0 Å². The second-order valence-electron chi connectivity index (χ2n) is 5.23. The molecule has 23 heavy (non-hydrogen) atoms. The molecule has 2 aromatic carbocycles. The molecule has 0 fully saturated rings. The first-order valence-electron chi connectivity index (χ1n) is 7.16. The van der Waals surface area contributed by atoms with Crippen molar-refractivity contribution in [2.24, 2.45) is 0 Å². The van der Waals surface area contributed by atoms with Gasteiger partial charge in [-0.3, -0.25) is 0 Å². The van der Waals surface area contributed by atoms with Gasteiger partial charge in [0.15, 0.2) is 0 Å². The minimum atomic E-state index is -3.03. The number of hydrogen-bond acceptors (Lipinski definition) is 2. The van der Waals surface area contributed by atoms with Crippen LogP contribution in [0.15, 0.2) is 48.5 Å². The molecule has 0 atom stereocenters. The van der Waals surface area contributed by atoms with Crippen LogP contribution >= 0.6 is 0 Å². The van der Waals surface area contributed by atoms with Crippen molar-refractivity contribution in [3.8, 4) is 5.75 Å². The first kappa shape index (κ1) is 16.7. The molecular weight excluding hydrogens is 302 g/mol. The average molecular weight is 320 g/mol. The SMILES string of the molecule is CC(F)(F)c1ccccc1NC(=O)NCCc1ccc(O)cc1. The lowest BCUT2D eigenvalue weighted by Gasteiger charge is -2.16. The van der Waals surface area contributed by atoms with E-state index in [0.29, 0.717) is 13.0 Å². The van der Waals surface area contributed by atoms with Crippen LogP contribution in [0.2, 0.25) is 0 Å². The summed E-state index contributed by atoms with van der Waals surface area (Å²) in [6, 6.07) is 11.9. The number of urea groups is 1. The molecule has 0 spiro atoms. The Bertz CT molecular complexity index is 667. The van der Waals surface area contributed by atoms with E-state index in [-0.39, 0.29) is 17.0 Å². The molecule has 0 saturated carbocycles. The third-order valence-corrected chi connectivity index (χ3v) is 3.28. The molecule has 0 bridgehead atoms. The number of hydrogen-bond donors (Lipinski definition) is 3. The molecule has 0 heterocycles. The van der Waals surface area contributed by atoms with Crippen LogP contribution in [0, 0.1) is 0 Å². The summed E-state index contributed by atoms with van der Waals surface area (Å²) in [5, 5.41) is 14.2. The number of carbonyl (C=O) groups excluding carboxylic acids is 1. The van der Waals surface area contributed by atoms with Gasteiger partial charge in [0.05, 0.1) is 5.69 Å². The Morgan fingerprint density at radius 1 is 1.13 bits per heavy atom. The molecule has 0 saturated heterocycles.